The zero-order chi connectivity index (χ0) is 22.6. The lowest BCUT2D eigenvalue weighted by atomic mass is 10.1. The molecular weight excluding hydrogens is 412 g/mol. The molecule has 0 amide bonds. The van der Waals surface area contributed by atoms with Crippen LogP contribution in [0.1, 0.15) is 18.1 Å². The van der Waals surface area contributed by atoms with E-state index in [4.69, 9.17) is 4.74 Å². The third-order valence-electron chi connectivity index (χ3n) is 4.87. The van der Waals surface area contributed by atoms with Crippen LogP contribution in [0.5, 0.6) is 5.75 Å². The molecule has 1 aromatic heterocycles. The molecule has 0 aliphatic carbocycles. The van der Waals surface area contributed by atoms with Gasteiger partial charge in [-0.15, -0.1) is 10.2 Å². The fraction of sp³-hybridized carbons (Fsp3) is 0.208. The van der Waals surface area contributed by atoms with Crippen LogP contribution in [0.2, 0.25) is 0 Å². The van der Waals surface area contributed by atoms with E-state index < -0.39 is 5.92 Å². The molecule has 0 spiro atoms. The van der Waals surface area contributed by atoms with Crippen LogP contribution in [0.3, 0.4) is 0 Å². The van der Waals surface area contributed by atoms with Crippen LogP contribution in [0.15, 0.2) is 72.8 Å². The topological polar surface area (TPSA) is 64.9 Å². The van der Waals surface area contributed by atoms with Gasteiger partial charge in [0.15, 0.2) is 0 Å². The van der Waals surface area contributed by atoms with Crippen LogP contribution >= 0.6 is 0 Å². The Morgan fingerprint density at radius 3 is 2.41 bits per heavy atom. The second-order valence-electron chi connectivity index (χ2n) is 7.51. The fourth-order valence-electron chi connectivity index (χ4n) is 3.11. The van der Waals surface area contributed by atoms with E-state index in [1.807, 2.05) is 55.5 Å². The Labute approximate surface area is 184 Å². The number of aryl methyl sites for hydroxylation is 1. The number of hydrogen-bond acceptors (Lipinski definition) is 5. The third kappa shape index (κ3) is 5.26. The van der Waals surface area contributed by atoms with Crippen LogP contribution in [-0.4, -0.2) is 26.8 Å². The number of anilines is 2. The summed E-state index contributed by atoms with van der Waals surface area (Å²) in [5.41, 5.74) is 3.33. The van der Waals surface area contributed by atoms with Crippen LogP contribution < -0.4 is 10.1 Å². The minimum absolute atomic E-state index is 0.0335. The predicted octanol–water partition coefficient (Wildman–Crippen LogP) is 5.58. The molecule has 0 aliphatic heterocycles. The van der Waals surface area contributed by atoms with E-state index in [1.165, 1.54) is 22.5 Å². The normalized spacial score (nSPS) is 11.4. The quantitative estimate of drug-likeness (QED) is 0.391. The van der Waals surface area contributed by atoms with Gasteiger partial charge in [-0.1, -0.05) is 42.0 Å². The van der Waals surface area contributed by atoms with Gasteiger partial charge in [0.2, 0.25) is 5.82 Å². The molecule has 0 radical (unpaired) electrons. The van der Waals surface area contributed by atoms with Crippen LogP contribution in [0.4, 0.5) is 20.2 Å². The first-order chi connectivity index (χ1) is 15.4. The molecule has 32 heavy (non-hydrogen) atoms. The summed E-state index contributed by atoms with van der Waals surface area (Å²) >= 11 is 0. The maximum Gasteiger partial charge on any atom is 0.270 e. The number of hydrogen-bond donors (Lipinski definition) is 1. The van der Waals surface area contributed by atoms with E-state index >= 15 is 0 Å². The molecular formula is C24H23F2N5O. The molecule has 0 aliphatic rings. The van der Waals surface area contributed by atoms with Gasteiger partial charge in [-0.3, -0.25) is 0 Å². The van der Waals surface area contributed by atoms with Crippen molar-refractivity contribution < 1.29 is 13.5 Å². The molecule has 0 saturated heterocycles. The van der Waals surface area contributed by atoms with Crippen molar-refractivity contribution in [2.24, 2.45) is 0 Å². The summed E-state index contributed by atoms with van der Waals surface area (Å²) in [7, 11) is 0. The molecule has 0 atom stereocenters. The van der Waals surface area contributed by atoms with Gasteiger partial charge in [-0.2, -0.15) is 4.80 Å². The summed E-state index contributed by atoms with van der Waals surface area (Å²) in [5, 5.41) is 16.0. The van der Waals surface area contributed by atoms with Crippen molar-refractivity contribution in [1.82, 2.24) is 20.2 Å². The zero-order valence-electron chi connectivity index (χ0n) is 17.8. The van der Waals surface area contributed by atoms with Crippen molar-refractivity contribution in [3.63, 3.8) is 0 Å². The minimum atomic E-state index is -2.87. The summed E-state index contributed by atoms with van der Waals surface area (Å²) in [6.45, 7) is 3.76. The first-order valence-corrected chi connectivity index (χ1v) is 10.2. The molecule has 0 fully saturated rings. The number of halogens is 2. The van der Waals surface area contributed by atoms with E-state index in [2.05, 4.69) is 20.7 Å². The summed E-state index contributed by atoms with van der Waals surface area (Å²) in [5.74, 6) is -1.63. The lowest BCUT2D eigenvalue weighted by molar-refractivity contribution is 0.0175. The van der Waals surface area contributed by atoms with E-state index in [0.717, 1.165) is 23.9 Å². The number of aromatic nitrogens is 4. The Kier molecular flexibility index (Phi) is 6.11. The summed E-state index contributed by atoms with van der Waals surface area (Å²) in [4.78, 5) is 1.48. The Morgan fingerprint density at radius 1 is 0.969 bits per heavy atom. The largest absolute Gasteiger partial charge is 0.492 e. The number of nitrogens with zero attached hydrogens (tertiary/aromatic N) is 4. The third-order valence-corrected chi connectivity index (χ3v) is 4.87. The van der Waals surface area contributed by atoms with Gasteiger partial charge in [0.1, 0.15) is 12.4 Å². The monoisotopic (exact) mass is 435 g/mol. The van der Waals surface area contributed by atoms with Crippen molar-refractivity contribution >= 4 is 11.4 Å². The van der Waals surface area contributed by atoms with Gasteiger partial charge in [-0.05, 0) is 48.5 Å². The van der Waals surface area contributed by atoms with Gasteiger partial charge in [0, 0.05) is 29.4 Å². The molecule has 8 heteroatoms. The highest BCUT2D eigenvalue weighted by Gasteiger charge is 2.23. The van der Waals surface area contributed by atoms with E-state index in [1.54, 1.807) is 12.1 Å². The highest BCUT2D eigenvalue weighted by molar-refractivity contribution is 5.77. The van der Waals surface area contributed by atoms with E-state index in [0.29, 0.717) is 24.7 Å². The molecule has 0 unspecified atom stereocenters. The molecule has 4 rings (SSSR count). The Balaban J connectivity index is 1.43. The molecule has 0 bridgehead atoms. The minimum Gasteiger partial charge on any atom is -0.492 e. The number of nitrogens with one attached hydrogen (secondary N) is 1. The Morgan fingerprint density at radius 2 is 1.69 bits per heavy atom. The molecule has 0 saturated carbocycles. The van der Waals surface area contributed by atoms with Gasteiger partial charge >= 0.3 is 0 Å². The highest BCUT2D eigenvalue weighted by atomic mass is 19.3. The highest BCUT2D eigenvalue weighted by Crippen LogP contribution is 2.30. The molecule has 3 aromatic carbocycles. The SMILES string of the molecule is Cc1ccc(OCCn2nnc(-c3ccccc3Nc3ccc(C(C)(F)F)cc3)n2)cc1. The molecule has 4 aromatic rings. The number of rotatable bonds is 8. The predicted molar refractivity (Wildman–Crippen MR) is 119 cm³/mol. The van der Waals surface area contributed by atoms with Gasteiger partial charge in [-0.25, -0.2) is 8.78 Å². The lowest BCUT2D eigenvalue weighted by Crippen LogP contribution is -2.11. The fourth-order valence-corrected chi connectivity index (χ4v) is 3.11. The summed E-state index contributed by atoms with van der Waals surface area (Å²) in [6.07, 6.45) is 0. The number of alkyl halides is 2. The first-order valence-electron chi connectivity index (χ1n) is 10.2. The van der Waals surface area contributed by atoms with Crippen molar-refractivity contribution in [2.45, 2.75) is 26.3 Å². The standard InChI is InChI=1S/C24H23F2N5O/c1-17-7-13-20(14-8-17)32-16-15-31-29-23(28-30-31)21-5-3-4-6-22(21)27-19-11-9-18(10-12-19)24(2,25)26/h3-14,27H,15-16H2,1-2H3. The second-order valence-corrected chi connectivity index (χ2v) is 7.51. The first kappa shape index (κ1) is 21.4. The summed E-state index contributed by atoms with van der Waals surface area (Å²) < 4.78 is 32.6. The van der Waals surface area contributed by atoms with Crippen LogP contribution in [-0.2, 0) is 12.5 Å². The maximum absolute atomic E-state index is 13.4. The number of ether oxygens (including phenoxy) is 1. The van der Waals surface area contributed by atoms with Crippen LogP contribution in [0.25, 0.3) is 11.4 Å². The molecule has 1 heterocycles. The Hall–Kier alpha value is -3.81. The average molecular weight is 435 g/mol. The average Bonchev–Trinajstić information content (AvgIpc) is 3.24. The number of benzene rings is 3. The van der Waals surface area contributed by atoms with Crippen molar-refractivity contribution in [3.05, 3.63) is 83.9 Å². The molecule has 6 nitrogen and oxygen atoms in total. The second kappa shape index (κ2) is 9.13. The maximum atomic E-state index is 13.4. The lowest BCUT2D eigenvalue weighted by Gasteiger charge is -2.13. The van der Waals surface area contributed by atoms with Gasteiger partial charge in [0.25, 0.3) is 5.92 Å². The smallest absolute Gasteiger partial charge is 0.270 e. The number of tetrazole rings is 1. The summed E-state index contributed by atoms with van der Waals surface area (Å²) in [6, 6.07) is 21.4. The number of para-hydroxylation sites is 1. The van der Waals surface area contributed by atoms with E-state index in [-0.39, 0.29) is 5.56 Å². The molecule has 1 N–H and O–H groups in total. The zero-order valence-corrected chi connectivity index (χ0v) is 17.8. The van der Waals surface area contributed by atoms with Crippen molar-refractivity contribution in [3.8, 4) is 17.1 Å². The van der Waals surface area contributed by atoms with Crippen LogP contribution in [0, 0.1) is 6.92 Å². The van der Waals surface area contributed by atoms with Gasteiger partial charge < -0.3 is 10.1 Å². The Bertz CT molecular complexity index is 1170. The van der Waals surface area contributed by atoms with Crippen molar-refractivity contribution in [1.29, 1.82) is 0 Å². The molecule has 164 valence electrons. The van der Waals surface area contributed by atoms with Gasteiger partial charge in [0.05, 0.1) is 6.54 Å². The van der Waals surface area contributed by atoms with E-state index in [9.17, 15) is 8.78 Å². The van der Waals surface area contributed by atoms with Crippen molar-refractivity contribution in [2.75, 3.05) is 11.9 Å².